The molecule has 172 valence electrons. The van der Waals surface area contributed by atoms with Gasteiger partial charge in [0.25, 0.3) is 11.5 Å². The summed E-state index contributed by atoms with van der Waals surface area (Å²) < 4.78 is 1.75. The number of nitrogens with one attached hydrogen (secondary N) is 1. The number of carbonyl (C=O) groups is 1. The van der Waals surface area contributed by atoms with Crippen LogP contribution in [-0.2, 0) is 20.0 Å². The van der Waals surface area contributed by atoms with E-state index < -0.39 is 0 Å². The number of rotatable bonds is 4. The third-order valence-electron chi connectivity index (χ3n) is 7.50. The van der Waals surface area contributed by atoms with Crippen LogP contribution in [-0.4, -0.2) is 54.9 Å². The minimum absolute atomic E-state index is 0.0340. The summed E-state index contributed by atoms with van der Waals surface area (Å²) in [6.07, 6.45) is 13.7. The van der Waals surface area contributed by atoms with E-state index in [2.05, 4.69) is 14.9 Å². The fourth-order valence-corrected chi connectivity index (χ4v) is 5.71. The zero-order valence-electron chi connectivity index (χ0n) is 19.1. The van der Waals surface area contributed by atoms with Gasteiger partial charge in [-0.15, -0.1) is 0 Å². The fourth-order valence-electron chi connectivity index (χ4n) is 5.71. The molecule has 0 spiro atoms. The summed E-state index contributed by atoms with van der Waals surface area (Å²) in [7, 11) is 1.83. The molecule has 2 fully saturated rings. The van der Waals surface area contributed by atoms with E-state index in [1.807, 2.05) is 11.9 Å². The SMILES string of the molecule is Cn1ccnc1C(=O)N1CCCCC1c1nc2c(c(=O)[nH]1)CN(CC1CCCCC1)CC2. The standard InChI is InChI=1S/C24H34N6O2/c1-28-14-11-25-22(28)24(32)30-12-6-5-9-20(30)21-26-19-10-13-29(16-18(19)23(31)27-21)15-17-7-3-2-4-8-17/h11,14,17,20H,2-10,12-13,15-16H2,1H3,(H,26,27,31). The smallest absolute Gasteiger partial charge is 0.290 e. The molecule has 8 heteroatoms. The molecule has 0 aromatic carbocycles. The number of nitrogens with zero attached hydrogens (tertiary/aromatic N) is 5. The summed E-state index contributed by atoms with van der Waals surface area (Å²) in [6.45, 7) is 3.40. The zero-order chi connectivity index (χ0) is 22.1. The van der Waals surface area contributed by atoms with Gasteiger partial charge in [0.05, 0.1) is 17.3 Å². The number of hydrogen-bond acceptors (Lipinski definition) is 5. The van der Waals surface area contributed by atoms with Crippen molar-refractivity contribution < 1.29 is 4.79 Å². The van der Waals surface area contributed by atoms with Gasteiger partial charge in [0.2, 0.25) is 0 Å². The molecule has 2 aliphatic heterocycles. The minimum atomic E-state index is -0.203. The molecule has 1 saturated heterocycles. The van der Waals surface area contributed by atoms with Gasteiger partial charge in [0, 0.05) is 52.0 Å². The predicted octanol–water partition coefficient (Wildman–Crippen LogP) is 2.81. The Morgan fingerprint density at radius 2 is 1.94 bits per heavy atom. The topological polar surface area (TPSA) is 87.1 Å². The van der Waals surface area contributed by atoms with Gasteiger partial charge in [0.15, 0.2) is 5.82 Å². The average Bonchev–Trinajstić information content (AvgIpc) is 3.25. The Labute approximate surface area is 189 Å². The first-order valence-electron chi connectivity index (χ1n) is 12.2. The van der Waals surface area contributed by atoms with Crippen LogP contribution >= 0.6 is 0 Å². The second-order valence-corrected chi connectivity index (χ2v) is 9.74. The molecule has 1 unspecified atom stereocenters. The molecule has 0 radical (unpaired) electrons. The van der Waals surface area contributed by atoms with E-state index >= 15 is 0 Å². The normalized spacial score (nSPS) is 22.7. The van der Waals surface area contributed by atoms with E-state index in [0.29, 0.717) is 24.7 Å². The first kappa shape index (κ1) is 21.4. The van der Waals surface area contributed by atoms with E-state index in [1.54, 1.807) is 17.0 Å². The van der Waals surface area contributed by atoms with Crippen LogP contribution in [0.4, 0.5) is 0 Å². The Bertz CT molecular complexity index is 1020. The number of aryl methyl sites for hydroxylation is 1. The van der Waals surface area contributed by atoms with Gasteiger partial charge in [-0.1, -0.05) is 19.3 Å². The zero-order valence-corrected chi connectivity index (χ0v) is 19.1. The van der Waals surface area contributed by atoms with Crippen LogP contribution in [0.25, 0.3) is 0 Å². The molecular weight excluding hydrogens is 404 g/mol. The molecule has 3 aliphatic rings. The molecule has 1 N–H and O–H groups in total. The molecule has 1 atom stereocenters. The summed E-state index contributed by atoms with van der Waals surface area (Å²) in [6, 6.07) is -0.203. The molecular formula is C24H34N6O2. The lowest BCUT2D eigenvalue weighted by atomic mass is 9.88. The number of aromatic amines is 1. The molecule has 5 rings (SSSR count). The highest BCUT2D eigenvalue weighted by Crippen LogP contribution is 2.31. The van der Waals surface area contributed by atoms with Crippen molar-refractivity contribution in [2.45, 2.75) is 70.4 Å². The number of imidazole rings is 1. The van der Waals surface area contributed by atoms with E-state index in [4.69, 9.17) is 4.98 Å². The summed E-state index contributed by atoms with van der Waals surface area (Å²) in [5.41, 5.74) is 1.69. The second kappa shape index (κ2) is 9.17. The van der Waals surface area contributed by atoms with Gasteiger partial charge >= 0.3 is 0 Å². The monoisotopic (exact) mass is 438 g/mol. The first-order valence-corrected chi connectivity index (χ1v) is 12.2. The maximum absolute atomic E-state index is 13.2. The number of piperidine rings is 1. The Balaban J connectivity index is 1.35. The van der Waals surface area contributed by atoms with Gasteiger partial charge in [-0.05, 0) is 38.0 Å². The molecule has 32 heavy (non-hydrogen) atoms. The highest BCUT2D eigenvalue weighted by Gasteiger charge is 2.33. The number of H-pyrrole nitrogens is 1. The molecule has 1 saturated carbocycles. The van der Waals surface area contributed by atoms with Gasteiger partial charge in [-0.25, -0.2) is 9.97 Å². The van der Waals surface area contributed by atoms with E-state index in [9.17, 15) is 9.59 Å². The number of hydrogen-bond donors (Lipinski definition) is 1. The van der Waals surface area contributed by atoms with Crippen LogP contribution in [0.1, 0.15) is 85.1 Å². The Hall–Kier alpha value is -2.48. The van der Waals surface area contributed by atoms with E-state index in [-0.39, 0.29) is 17.5 Å². The largest absolute Gasteiger partial charge is 0.330 e. The van der Waals surface area contributed by atoms with E-state index in [1.165, 1.54) is 32.1 Å². The van der Waals surface area contributed by atoms with Gasteiger partial charge < -0.3 is 14.5 Å². The third kappa shape index (κ3) is 4.25. The molecule has 2 aromatic heterocycles. The Morgan fingerprint density at radius 3 is 2.72 bits per heavy atom. The Kier molecular flexibility index (Phi) is 6.13. The molecule has 0 bridgehead atoms. The van der Waals surface area contributed by atoms with Crippen LogP contribution in [0.3, 0.4) is 0 Å². The molecule has 8 nitrogen and oxygen atoms in total. The molecule has 2 aromatic rings. The number of carbonyl (C=O) groups excluding carboxylic acids is 1. The first-order chi connectivity index (χ1) is 15.6. The lowest BCUT2D eigenvalue weighted by Crippen LogP contribution is -2.42. The van der Waals surface area contributed by atoms with Crippen molar-refractivity contribution in [3.63, 3.8) is 0 Å². The van der Waals surface area contributed by atoms with Crippen molar-refractivity contribution in [3.05, 3.63) is 45.7 Å². The summed E-state index contributed by atoms with van der Waals surface area (Å²) in [4.78, 5) is 42.8. The number of likely N-dealkylation sites (tertiary alicyclic amines) is 1. The number of amides is 1. The molecule has 1 amide bonds. The van der Waals surface area contributed by atoms with Crippen molar-refractivity contribution in [2.24, 2.45) is 13.0 Å². The fraction of sp³-hybridized carbons (Fsp3) is 0.667. The highest BCUT2D eigenvalue weighted by molar-refractivity contribution is 5.91. The number of fused-ring (bicyclic) bond motifs is 1. The van der Waals surface area contributed by atoms with Crippen molar-refractivity contribution in [3.8, 4) is 0 Å². The lowest BCUT2D eigenvalue weighted by Gasteiger charge is -2.36. The number of aromatic nitrogens is 4. The summed E-state index contributed by atoms with van der Waals surface area (Å²) in [5.74, 6) is 1.73. The summed E-state index contributed by atoms with van der Waals surface area (Å²) >= 11 is 0. The van der Waals surface area contributed by atoms with Crippen LogP contribution < -0.4 is 5.56 Å². The van der Waals surface area contributed by atoms with Crippen molar-refractivity contribution in [1.82, 2.24) is 29.3 Å². The van der Waals surface area contributed by atoms with Crippen LogP contribution in [0.2, 0.25) is 0 Å². The van der Waals surface area contributed by atoms with E-state index in [0.717, 1.165) is 55.9 Å². The maximum Gasteiger partial charge on any atom is 0.290 e. The maximum atomic E-state index is 13.2. The third-order valence-corrected chi connectivity index (χ3v) is 7.50. The van der Waals surface area contributed by atoms with Gasteiger partial charge in [-0.3, -0.25) is 14.5 Å². The summed E-state index contributed by atoms with van der Waals surface area (Å²) in [5, 5.41) is 0. The van der Waals surface area contributed by atoms with Crippen molar-refractivity contribution >= 4 is 5.91 Å². The van der Waals surface area contributed by atoms with Crippen LogP contribution in [0.5, 0.6) is 0 Å². The van der Waals surface area contributed by atoms with Crippen LogP contribution in [0.15, 0.2) is 17.2 Å². The quantitative estimate of drug-likeness (QED) is 0.793. The molecule has 4 heterocycles. The lowest BCUT2D eigenvalue weighted by molar-refractivity contribution is 0.0582. The highest BCUT2D eigenvalue weighted by atomic mass is 16.2. The van der Waals surface area contributed by atoms with Gasteiger partial charge in [-0.2, -0.15) is 0 Å². The van der Waals surface area contributed by atoms with Crippen molar-refractivity contribution in [2.75, 3.05) is 19.6 Å². The Morgan fingerprint density at radius 1 is 1.12 bits per heavy atom. The average molecular weight is 439 g/mol. The predicted molar refractivity (Wildman–Crippen MR) is 121 cm³/mol. The molecule has 1 aliphatic carbocycles. The minimum Gasteiger partial charge on any atom is -0.330 e. The second-order valence-electron chi connectivity index (χ2n) is 9.74. The van der Waals surface area contributed by atoms with Crippen LogP contribution in [0, 0.1) is 5.92 Å². The van der Waals surface area contributed by atoms with Gasteiger partial charge in [0.1, 0.15) is 5.82 Å². The van der Waals surface area contributed by atoms with Crippen molar-refractivity contribution in [1.29, 1.82) is 0 Å².